The molecule has 1 fully saturated rings. The Hall–Kier alpha value is -1.80. The van der Waals surface area contributed by atoms with Gasteiger partial charge in [-0.3, -0.25) is 4.18 Å². The van der Waals surface area contributed by atoms with Crippen molar-refractivity contribution in [1.29, 1.82) is 0 Å². The molecule has 1 amide bonds. The number of amides is 1. The molecule has 1 heterocycles. The van der Waals surface area contributed by atoms with Gasteiger partial charge >= 0.3 is 6.09 Å². The van der Waals surface area contributed by atoms with Crippen LogP contribution in [0.3, 0.4) is 0 Å². The van der Waals surface area contributed by atoms with Crippen LogP contribution < -0.4 is 4.74 Å². The highest BCUT2D eigenvalue weighted by atomic mass is 32.2. The van der Waals surface area contributed by atoms with Crippen LogP contribution in [0, 0.1) is 5.92 Å². The molecule has 2 atom stereocenters. The molecule has 1 aliphatic rings. The molecule has 2 unspecified atom stereocenters. The summed E-state index contributed by atoms with van der Waals surface area (Å²) in [6, 6.07) is 7.70. The van der Waals surface area contributed by atoms with Gasteiger partial charge in [0.25, 0.3) is 10.1 Å². The van der Waals surface area contributed by atoms with E-state index in [0.29, 0.717) is 19.5 Å². The molecule has 1 aromatic carbocycles. The van der Waals surface area contributed by atoms with E-state index < -0.39 is 15.7 Å². The van der Waals surface area contributed by atoms with Gasteiger partial charge in [0.05, 0.1) is 20.0 Å². The number of nitrogens with zero attached hydrogens (tertiary/aromatic N) is 1. The summed E-state index contributed by atoms with van der Waals surface area (Å²) in [5, 5.41) is 0. The molecule has 152 valence electrons. The van der Waals surface area contributed by atoms with Gasteiger partial charge in [-0.1, -0.05) is 12.1 Å². The summed E-state index contributed by atoms with van der Waals surface area (Å²) in [5.74, 6) is 0.680. The summed E-state index contributed by atoms with van der Waals surface area (Å²) in [6.07, 6.45) is 1.34. The first-order chi connectivity index (χ1) is 12.5. The van der Waals surface area contributed by atoms with E-state index in [1.807, 2.05) is 45.0 Å². The highest BCUT2D eigenvalue weighted by molar-refractivity contribution is 7.85. The maximum Gasteiger partial charge on any atom is 0.410 e. The first-order valence-corrected chi connectivity index (χ1v) is 10.8. The molecule has 0 spiro atoms. The van der Waals surface area contributed by atoms with Crippen LogP contribution in [-0.2, 0) is 19.0 Å². The van der Waals surface area contributed by atoms with Crippen LogP contribution in [-0.4, -0.2) is 58.1 Å². The molecule has 1 aliphatic heterocycles. The number of piperidine rings is 1. The maximum absolute atomic E-state index is 12.4. The van der Waals surface area contributed by atoms with Gasteiger partial charge in [0.1, 0.15) is 11.4 Å². The first kappa shape index (κ1) is 21.5. The number of benzene rings is 1. The molecule has 1 saturated heterocycles. The average Bonchev–Trinajstić information content (AvgIpc) is 2.57. The van der Waals surface area contributed by atoms with E-state index in [4.69, 9.17) is 13.7 Å². The quantitative estimate of drug-likeness (QED) is 0.708. The molecule has 0 bridgehead atoms. The van der Waals surface area contributed by atoms with Gasteiger partial charge in [-0.25, -0.2) is 4.79 Å². The minimum absolute atomic E-state index is 0.0226. The normalized spacial score (nSPS) is 21.0. The molecule has 27 heavy (non-hydrogen) atoms. The monoisotopic (exact) mass is 399 g/mol. The van der Waals surface area contributed by atoms with E-state index in [2.05, 4.69) is 0 Å². The zero-order valence-electron chi connectivity index (χ0n) is 16.6. The first-order valence-electron chi connectivity index (χ1n) is 8.95. The highest BCUT2D eigenvalue weighted by Gasteiger charge is 2.35. The smallest absolute Gasteiger partial charge is 0.410 e. The van der Waals surface area contributed by atoms with Crippen molar-refractivity contribution in [3.63, 3.8) is 0 Å². The predicted octanol–water partition coefficient (Wildman–Crippen LogP) is 3.01. The van der Waals surface area contributed by atoms with Crippen LogP contribution in [0.5, 0.6) is 5.75 Å². The Balaban J connectivity index is 2.17. The third-order valence-electron chi connectivity index (χ3n) is 4.43. The fourth-order valence-electron chi connectivity index (χ4n) is 3.19. The molecular formula is C19H29NO6S. The second-order valence-corrected chi connectivity index (χ2v) is 9.49. The maximum atomic E-state index is 12.4. The Morgan fingerprint density at radius 2 is 1.85 bits per heavy atom. The van der Waals surface area contributed by atoms with Gasteiger partial charge in [-0.2, -0.15) is 8.42 Å². The third-order valence-corrected chi connectivity index (χ3v) is 4.99. The SMILES string of the molecule is COc1ccc(C2CCN(C(=O)OC(C)(C)C)CC2COS(C)(=O)=O)cc1. The summed E-state index contributed by atoms with van der Waals surface area (Å²) < 4.78 is 38.6. The van der Waals surface area contributed by atoms with Gasteiger partial charge in [0.2, 0.25) is 0 Å². The minimum Gasteiger partial charge on any atom is -0.497 e. The minimum atomic E-state index is -3.56. The van der Waals surface area contributed by atoms with Gasteiger partial charge in [0.15, 0.2) is 0 Å². The molecule has 0 radical (unpaired) electrons. The van der Waals surface area contributed by atoms with Crippen molar-refractivity contribution in [1.82, 2.24) is 4.90 Å². The van der Waals surface area contributed by atoms with Crippen molar-refractivity contribution < 1.29 is 26.9 Å². The number of methoxy groups -OCH3 is 1. The molecule has 2 rings (SSSR count). The Labute approximate surface area is 161 Å². The van der Waals surface area contributed by atoms with Gasteiger partial charge < -0.3 is 14.4 Å². The van der Waals surface area contributed by atoms with Crippen LogP contribution in [0.1, 0.15) is 38.7 Å². The zero-order chi connectivity index (χ0) is 20.2. The summed E-state index contributed by atoms with van der Waals surface area (Å²) >= 11 is 0. The van der Waals surface area contributed by atoms with E-state index in [0.717, 1.165) is 17.6 Å². The average molecular weight is 400 g/mol. The van der Waals surface area contributed by atoms with Crippen molar-refractivity contribution in [3.8, 4) is 5.75 Å². The van der Waals surface area contributed by atoms with Crippen LogP contribution in [0.25, 0.3) is 0 Å². The number of ether oxygens (including phenoxy) is 2. The number of hydrogen-bond acceptors (Lipinski definition) is 6. The standard InChI is InChI=1S/C19H29NO6S/c1-19(2,3)26-18(21)20-11-10-17(14-6-8-16(24-4)9-7-14)15(12-20)13-25-27(5,22)23/h6-9,15,17H,10-13H2,1-5H3. The van der Waals surface area contributed by atoms with Crippen molar-refractivity contribution >= 4 is 16.2 Å². The van der Waals surface area contributed by atoms with Crippen LogP contribution in [0.15, 0.2) is 24.3 Å². The fraction of sp³-hybridized carbons (Fsp3) is 0.632. The highest BCUT2D eigenvalue weighted by Crippen LogP contribution is 2.35. The summed E-state index contributed by atoms with van der Waals surface area (Å²) in [7, 11) is -1.95. The Kier molecular flexibility index (Phi) is 6.75. The lowest BCUT2D eigenvalue weighted by Crippen LogP contribution is -2.46. The summed E-state index contributed by atoms with van der Waals surface area (Å²) in [5.41, 5.74) is 0.490. The number of likely N-dealkylation sites (tertiary alicyclic amines) is 1. The van der Waals surface area contributed by atoms with Crippen molar-refractivity contribution in [2.24, 2.45) is 5.92 Å². The van der Waals surface area contributed by atoms with E-state index in [1.54, 1.807) is 12.0 Å². The Morgan fingerprint density at radius 1 is 1.22 bits per heavy atom. The Bertz CT molecular complexity index is 738. The third kappa shape index (κ3) is 6.70. The van der Waals surface area contributed by atoms with Crippen LogP contribution >= 0.6 is 0 Å². The molecule has 0 saturated carbocycles. The van der Waals surface area contributed by atoms with Crippen molar-refractivity contribution in [2.75, 3.05) is 33.1 Å². The number of carbonyl (C=O) groups is 1. The van der Waals surface area contributed by atoms with E-state index >= 15 is 0 Å². The van der Waals surface area contributed by atoms with E-state index in [1.165, 1.54) is 0 Å². The lowest BCUT2D eigenvalue weighted by Gasteiger charge is -2.39. The molecule has 0 aliphatic carbocycles. The second kappa shape index (κ2) is 8.48. The lowest BCUT2D eigenvalue weighted by molar-refractivity contribution is 0.0114. The Morgan fingerprint density at radius 3 is 2.37 bits per heavy atom. The molecule has 1 aromatic rings. The summed E-state index contributed by atoms with van der Waals surface area (Å²) in [6.45, 7) is 6.40. The topological polar surface area (TPSA) is 82.1 Å². The molecule has 0 N–H and O–H groups in total. The number of rotatable bonds is 5. The molecule has 7 nitrogen and oxygen atoms in total. The van der Waals surface area contributed by atoms with Gasteiger partial charge in [-0.05, 0) is 50.8 Å². The van der Waals surface area contributed by atoms with E-state index in [-0.39, 0.29) is 24.5 Å². The lowest BCUT2D eigenvalue weighted by atomic mass is 9.81. The van der Waals surface area contributed by atoms with Crippen LogP contribution in [0.4, 0.5) is 4.79 Å². The van der Waals surface area contributed by atoms with Crippen LogP contribution in [0.2, 0.25) is 0 Å². The number of carbonyl (C=O) groups excluding carboxylic acids is 1. The predicted molar refractivity (Wildman–Crippen MR) is 102 cm³/mol. The van der Waals surface area contributed by atoms with Crippen molar-refractivity contribution in [2.45, 2.75) is 38.7 Å². The molecule has 8 heteroatoms. The van der Waals surface area contributed by atoms with Gasteiger partial charge in [-0.15, -0.1) is 0 Å². The zero-order valence-corrected chi connectivity index (χ0v) is 17.4. The summed E-state index contributed by atoms with van der Waals surface area (Å²) in [4.78, 5) is 14.0. The second-order valence-electron chi connectivity index (χ2n) is 7.84. The fourth-order valence-corrected chi connectivity index (χ4v) is 3.62. The van der Waals surface area contributed by atoms with E-state index in [9.17, 15) is 13.2 Å². The van der Waals surface area contributed by atoms with Gasteiger partial charge in [0, 0.05) is 19.0 Å². The van der Waals surface area contributed by atoms with Crippen molar-refractivity contribution in [3.05, 3.63) is 29.8 Å². The largest absolute Gasteiger partial charge is 0.497 e. The number of hydrogen-bond donors (Lipinski definition) is 0. The molecular weight excluding hydrogens is 370 g/mol. The molecule has 0 aromatic heterocycles.